The Kier molecular flexibility index (Phi) is 5.94. The van der Waals surface area contributed by atoms with Crippen molar-refractivity contribution in [2.24, 2.45) is 0 Å². The first-order valence-electron chi connectivity index (χ1n) is 10.6. The summed E-state index contributed by atoms with van der Waals surface area (Å²) < 4.78 is 1.11. The first kappa shape index (κ1) is 21.2. The van der Waals surface area contributed by atoms with Gasteiger partial charge in [0.25, 0.3) is 0 Å². The normalized spacial score (nSPS) is 11.3. The van der Waals surface area contributed by atoms with E-state index in [1.165, 1.54) is 0 Å². The molecule has 0 saturated heterocycles. The molecular formula is C26H25N3O3. The maximum absolute atomic E-state index is 13.6. The Morgan fingerprint density at radius 2 is 1.25 bits per heavy atom. The molecule has 32 heavy (non-hydrogen) atoms. The molecule has 0 amide bonds. The molecule has 0 spiro atoms. The molecule has 3 aromatic carbocycles. The Morgan fingerprint density at radius 3 is 1.66 bits per heavy atom. The van der Waals surface area contributed by atoms with Gasteiger partial charge in [-0.15, -0.1) is 0 Å². The molecule has 1 heterocycles. The fraction of sp³-hybridized carbons (Fsp3) is 0.154. The van der Waals surface area contributed by atoms with Crippen molar-refractivity contribution in [3.63, 3.8) is 0 Å². The molecule has 0 bridgehead atoms. The van der Waals surface area contributed by atoms with E-state index in [1.807, 2.05) is 97.9 Å². The molecule has 6 heteroatoms. The molecule has 0 aliphatic heterocycles. The van der Waals surface area contributed by atoms with Gasteiger partial charge in [0.2, 0.25) is 5.75 Å². The third-order valence-electron chi connectivity index (χ3n) is 5.54. The molecule has 0 unspecified atom stereocenters. The number of anilines is 1. The van der Waals surface area contributed by atoms with Crippen molar-refractivity contribution in [2.75, 3.05) is 11.9 Å². The summed E-state index contributed by atoms with van der Waals surface area (Å²) in [6.07, 6.45) is 0.770. The number of rotatable bonds is 7. The Morgan fingerprint density at radius 1 is 0.812 bits per heavy atom. The summed E-state index contributed by atoms with van der Waals surface area (Å²) >= 11 is 0. The second kappa shape index (κ2) is 8.98. The highest BCUT2D eigenvalue weighted by molar-refractivity contribution is 5.53. The van der Waals surface area contributed by atoms with Gasteiger partial charge in [-0.25, -0.2) is 9.36 Å². The van der Waals surface area contributed by atoms with Gasteiger partial charge in [0, 0.05) is 6.54 Å². The number of H-pyrrole nitrogens is 1. The standard InChI is InChI=1S/C26H25N3O3/c1-2-18-27-23-22(30)24(31)29(25(32)28-23)26(19-12-6-3-7-13-19,20-14-8-4-9-15-20)21-16-10-5-11-17-21/h3-17,27,30H,2,18H2,1H3,(H,28,32). The van der Waals surface area contributed by atoms with Crippen LogP contribution in [0.25, 0.3) is 0 Å². The zero-order chi connectivity index (χ0) is 22.6. The summed E-state index contributed by atoms with van der Waals surface area (Å²) in [6, 6.07) is 28.1. The van der Waals surface area contributed by atoms with Gasteiger partial charge < -0.3 is 10.4 Å². The lowest BCUT2D eigenvalue weighted by atomic mass is 9.76. The van der Waals surface area contributed by atoms with E-state index in [4.69, 9.17) is 0 Å². The average Bonchev–Trinajstić information content (AvgIpc) is 2.85. The maximum Gasteiger partial charge on any atom is 0.331 e. The highest BCUT2D eigenvalue weighted by Gasteiger charge is 2.41. The molecule has 6 nitrogen and oxygen atoms in total. The van der Waals surface area contributed by atoms with E-state index in [2.05, 4.69) is 10.3 Å². The molecule has 4 rings (SSSR count). The summed E-state index contributed by atoms with van der Waals surface area (Å²) in [7, 11) is 0. The van der Waals surface area contributed by atoms with Gasteiger partial charge in [-0.3, -0.25) is 9.78 Å². The van der Waals surface area contributed by atoms with Gasteiger partial charge in [0.05, 0.1) is 0 Å². The van der Waals surface area contributed by atoms with Crippen LogP contribution in [0.3, 0.4) is 0 Å². The Labute approximate surface area is 185 Å². The first-order chi connectivity index (χ1) is 15.6. The Hall–Kier alpha value is -4.06. The van der Waals surface area contributed by atoms with Crippen molar-refractivity contribution in [3.05, 3.63) is 129 Å². The van der Waals surface area contributed by atoms with Crippen LogP contribution in [-0.4, -0.2) is 21.2 Å². The van der Waals surface area contributed by atoms with Crippen molar-refractivity contribution in [1.29, 1.82) is 0 Å². The summed E-state index contributed by atoms with van der Waals surface area (Å²) in [5.41, 5.74) is -0.530. The van der Waals surface area contributed by atoms with Crippen molar-refractivity contribution >= 4 is 5.82 Å². The van der Waals surface area contributed by atoms with Crippen LogP contribution in [0.15, 0.2) is 101 Å². The first-order valence-corrected chi connectivity index (χ1v) is 10.6. The number of hydrogen-bond donors (Lipinski definition) is 3. The fourth-order valence-corrected chi connectivity index (χ4v) is 4.14. The maximum atomic E-state index is 13.6. The molecular weight excluding hydrogens is 402 g/mol. The van der Waals surface area contributed by atoms with Crippen molar-refractivity contribution < 1.29 is 5.11 Å². The van der Waals surface area contributed by atoms with E-state index in [0.29, 0.717) is 6.54 Å². The summed E-state index contributed by atoms with van der Waals surface area (Å²) in [4.78, 5) is 29.8. The van der Waals surface area contributed by atoms with Crippen LogP contribution < -0.4 is 16.6 Å². The Bertz CT molecular complexity index is 1200. The molecule has 0 fully saturated rings. The van der Waals surface area contributed by atoms with Gasteiger partial charge in [-0.05, 0) is 23.1 Å². The topological polar surface area (TPSA) is 87.1 Å². The van der Waals surface area contributed by atoms with Crippen molar-refractivity contribution in [3.8, 4) is 5.75 Å². The van der Waals surface area contributed by atoms with Gasteiger partial charge in [-0.2, -0.15) is 0 Å². The van der Waals surface area contributed by atoms with Crippen LogP contribution in [0.1, 0.15) is 30.0 Å². The largest absolute Gasteiger partial charge is 0.501 e. The summed E-state index contributed by atoms with van der Waals surface area (Å²) in [5, 5.41) is 13.7. The van der Waals surface area contributed by atoms with Crippen LogP contribution in [0, 0.1) is 0 Å². The number of aromatic nitrogens is 2. The summed E-state index contributed by atoms with van der Waals surface area (Å²) in [5.74, 6) is -0.494. The monoisotopic (exact) mass is 427 g/mol. The number of aromatic amines is 1. The van der Waals surface area contributed by atoms with Gasteiger partial charge in [0.1, 0.15) is 5.54 Å². The fourth-order valence-electron chi connectivity index (χ4n) is 4.14. The van der Waals surface area contributed by atoms with Crippen LogP contribution in [0.4, 0.5) is 5.82 Å². The van der Waals surface area contributed by atoms with Crippen LogP contribution in [0.5, 0.6) is 5.75 Å². The zero-order valence-corrected chi connectivity index (χ0v) is 17.8. The second-order valence-corrected chi connectivity index (χ2v) is 7.53. The number of aromatic hydroxyl groups is 1. The van der Waals surface area contributed by atoms with E-state index in [9.17, 15) is 14.7 Å². The van der Waals surface area contributed by atoms with Crippen molar-refractivity contribution in [2.45, 2.75) is 18.9 Å². The molecule has 0 aliphatic carbocycles. The highest BCUT2D eigenvalue weighted by Crippen LogP contribution is 2.39. The van der Waals surface area contributed by atoms with Gasteiger partial charge >= 0.3 is 11.2 Å². The Balaban J connectivity index is 2.16. The minimum Gasteiger partial charge on any atom is -0.501 e. The molecule has 3 N–H and O–H groups in total. The lowest BCUT2D eigenvalue weighted by Gasteiger charge is -2.37. The van der Waals surface area contributed by atoms with E-state index >= 15 is 0 Å². The quantitative estimate of drug-likeness (QED) is 0.390. The lowest BCUT2D eigenvalue weighted by Crippen LogP contribution is -2.51. The number of hydrogen-bond acceptors (Lipinski definition) is 4. The smallest absolute Gasteiger partial charge is 0.331 e. The molecule has 162 valence electrons. The van der Waals surface area contributed by atoms with E-state index in [-0.39, 0.29) is 5.82 Å². The van der Waals surface area contributed by atoms with Crippen LogP contribution in [-0.2, 0) is 5.54 Å². The van der Waals surface area contributed by atoms with E-state index < -0.39 is 22.5 Å². The molecule has 0 aliphatic rings. The average molecular weight is 428 g/mol. The van der Waals surface area contributed by atoms with Crippen LogP contribution in [0.2, 0.25) is 0 Å². The lowest BCUT2D eigenvalue weighted by molar-refractivity contribution is 0.419. The second-order valence-electron chi connectivity index (χ2n) is 7.53. The van der Waals surface area contributed by atoms with E-state index in [0.717, 1.165) is 27.7 Å². The van der Waals surface area contributed by atoms with E-state index in [1.54, 1.807) is 0 Å². The predicted molar refractivity (Wildman–Crippen MR) is 126 cm³/mol. The van der Waals surface area contributed by atoms with Crippen molar-refractivity contribution in [1.82, 2.24) is 9.55 Å². The zero-order valence-electron chi connectivity index (χ0n) is 17.8. The molecule has 0 atom stereocenters. The third-order valence-corrected chi connectivity index (χ3v) is 5.54. The van der Waals surface area contributed by atoms with Gasteiger partial charge in [0.15, 0.2) is 5.82 Å². The van der Waals surface area contributed by atoms with Gasteiger partial charge in [-0.1, -0.05) is 97.9 Å². The SMILES string of the molecule is CCCNc1[nH]c(=O)n(C(c2ccccc2)(c2ccccc2)c2ccccc2)c(=O)c1O. The van der Waals surface area contributed by atoms with Crippen LogP contribution >= 0.6 is 0 Å². The number of nitrogens with zero attached hydrogens (tertiary/aromatic N) is 1. The number of nitrogens with one attached hydrogen (secondary N) is 2. The minimum absolute atomic E-state index is 0.0289. The summed E-state index contributed by atoms with van der Waals surface area (Å²) in [6.45, 7) is 2.46. The molecule has 4 aromatic rings. The molecule has 0 saturated carbocycles. The third kappa shape index (κ3) is 3.50. The number of benzene rings is 3. The molecule has 1 aromatic heterocycles. The molecule has 0 radical (unpaired) electrons. The predicted octanol–water partition coefficient (Wildman–Crippen LogP) is 3.90. The highest BCUT2D eigenvalue weighted by atomic mass is 16.3. The minimum atomic E-state index is -1.30.